The summed E-state index contributed by atoms with van der Waals surface area (Å²) in [5, 5.41) is 3.42. The molecular weight excluding hydrogens is 248 g/mol. The van der Waals surface area contributed by atoms with Crippen LogP contribution in [0.1, 0.15) is 37.7 Å². The minimum atomic E-state index is 0.602. The lowest BCUT2D eigenvalue weighted by Gasteiger charge is -2.12. The molecule has 4 nitrogen and oxygen atoms in total. The zero-order chi connectivity index (χ0) is 14.5. The second-order valence-electron chi connectivity index (χ2n) is 5.57. The van der Waals surface area contributed by atoms with Crippen molar-refractivity contribution in [1.82, 2.24) is 14.5 Å². The monoisotopic (exact) mass is 272 g/mol. The van der Waals surface area contributed by atoms with Crippen LogP contribution in [0.2, 0.25) is 0 Å². The van der Waals surface area contributed by atoms with E-state index in [1.807, 2.05) is 19.2 Å². The first-order valence-electron chi connectivity index (χ1n) is 7.30. The summed E-state index contributed by atoms with van der Waals surface area (Å²) in [6, 6.07) is 4.13. The molecule has 0 radical (unpaired) electrons. The highest BCUT2D eigenvalue weighted by Gasteiger charge is 2.08. The van der Waals surface area contributed by atoms with E-state index >= 15 is 0 Å². The second-order valence-corrected chi connectivity index (χ2v) is 5.57. The normalized spacial score (nSPS) is 11.1. The van der Waals surface area contributed by atoms with Crippen LogP contribution in [0.15, 0.2) is 24.5 Å². The van der Waals surface area contributed by atoms with Gasteiger partial charge in [0.15, 0.2) is 0 Å². The Kier molecular flexibility index (Phi) is 4.77. The topological polar surface area (TPSA) is 42.7 Å². The van der Waals surface area contributed by atoms with Gasteiger partial charge in [-0.05, 0) is 30.9 Å². The van der Waals surface area contributed by atoms with Gasteiger partial charge >= 0.3 is 0 Å². The van der Waals surface area contributed by atoms with Crippen LogP contribution in [-0.2, 0) is 19.5 Å². The Hall–Kier alpha value is -1.84. The number of nitrogens with zero attached hydrogens (tertiary/aromatic N) is 3. The zero-order valence-electron chi connectivity index (χ0n) is 12.8. The molecule has 20 heavy (non-hydrogen) atoms. The third-order valence-corrected chi connectivity index (χ3v) is 3.24. The summed E-state index contributed by atoms with van der Waals surface area (Å²) in [4.78, 5) is 9.02. The maximum atomic E-state index is 4.56. The average Bonchev–Trinajstić information content (AvgIpc) is 2.76. The molecule has 0 atom stereocenters. The van der Waals surface area contributed by atoms with Gasteiger partial charge in [0.2, 0.25) is 5.95 Å². The molecular formula is C16H24N4. The lowest BCUT2D eigenvalue weighted by Crippen LogP contribution is -2.11. The molecule has 0 unspecified atom stereocenters. The van der Waals surface area contributed by atoms with Gasteiger partial charge in [0.1, 0.15) is 0 Å². The van der Waals surface area contributed by atoms with E-state index in [2.05, 4.69) is 52.9 Å². The highest BCUT2D eigenvalue weighted by Crippen LogP contribution is 2.14. The van der Waals surface area contributed by atoms with Crippen molar-refractivity contribution in [1.29, 1.82) is 0 Å². The summed E-state index contributed by atoms with van der Waals surface area (Å²) in [6.45, 7) is 10.3. The summed E-state index contributed by atoms with van der Waals surface area (Å²) < 4.78 is 2.19. The summed E-state index contributed by atoms with van der Waals surface area (Å²) in [5.41, 5.74) is 3.44. The molecule has 0 spiro atoms. The summed E-state index contributed by atoms with van der Waals surface area (Å²) in [7, 11) is 0. The Morgan fingerprint density at radius 3 is 2.85 bits per heavy atom. The van der Waals surface area contributed by atoms with Crippen molar-refractivity contribution < 1.29 is 0 Å². The van der Waals surface area contributed by atoms with E-state index in [-0.39, 0.29) is 0 Å². The van der Waals surface area contributed by atoms with Gasteiger partial charge in [-0.1, -0.05) is 26.8 Å². The van der Waals surface area contributed by atoms with Gasteiger partial charge in [-0.2, -0.15) is 0 Å². The van der Waals surface area contributed by atoms with E-state index in [4.69, 9.17) is 0 Å². The maximum absolute atomic E-state index is 4.56. The lowest BCUT2D eigenvalue weighted by molar-refractivity contribution is 0.526. The maximum Gasteiger partial charge on any atom is 0.203 e. The van der Waals surface area contributed by atoms with E-state index in [9.17, 15) is 0 Å². The summed E-state index contributed by atoms with van der Waals surface area (Å²) >= 11 is 0. The molecule has 2 aromatic rings. The molecule has 0 fully saturated rings. The largest absolute Gasteiger partial charge is 0.350 e. The summed E-state index contributed by atoms with van der Waals surface area (Å²) in [5.74, 6) is 1.54. The first-order valence-corrected chi connectivity index (χ1v) is 7.30. The number of pyridine rings is 1. The minimum Gasteiger partial charge on any atom is -0.350 e. The SMILES string of the molecule is CCc1cccnc1CNc1nc(C)cn1CC(C)C. The van der Waals surface area contributed by atoms with E-state index in [1.165, 1.54) is 5.56 Å². The van der Waals surface area contributed by atoms with Crippen LogP contribution in [0.25, 0.3) is 0 Å². The van der Waals surface area contributed by atoms with Gasteiger partial charge in [0, 0.05) is 18.9 Å². The van der Waals surface area contributed by atoms with Crippen molar-refractivity contribution in [3.05, 3.63) is 41.5 Å². The van der Waals surface area contributed by atoms with E-state index in [1.54, 1.807) is 0 Å². The molecule has 0 aliphatic rings. The molecule has 0 aliphatic heterocycles. The molecule has 2 rings (SSSR count). The van der Waals surface area contributed by atoms with Crippen LogP contribution in [0.3, 0.4) is 0 Å². The molecule has 0 bridgehead atoms. The number of aryl methyl sites for hydroxylation is 2. The smallest absolute Gasteiger partial charge is 0.203 e. The van der Waals surface area contributed by atoms with Crippen molar-refractivity contribution in [2.24, 2.45) is 5.92 Å². The number of nitrogens with one attached hydrogen (secondary N) is 1. The molecule has 108 valence electrons. The Morgan fingerprint density at radius 2 is 2.15 bits per heavy atom. The standard InChI is InChI=1S/C16H24N4/c1-5-14-7-6-8-17-15(14)9-18-16-19-13(4)11-20(16)10-12(2)3/h6-8,11-12H,5,9-10H2,1-4H3,(H,18,19). The van der Waals surface area contributed by atoms with Crippen molar-refractivity contribution in [2.45, 2.75) is 47.2 Å². The predicted octanol–water partition coefficient (Wildman–Crippen LogP) is 3.42. The van der Waals surface area contributed by atoms with E-state index in [0.717, 1.165) is 36.8 Å². The van der Waals surface area contributed by atoms with Crippen LogP contribution < -0.4 is 5.32 Å². The molecule has 0 amide bonds. The van der Waals surface area contributed by atoms with Gasteiger partial charge in [-0.15, -0.1) is 0 Å². The van der Waals surface area contributed by atoms with Crippen molar-refractivity contribution in [2.75, 3.05) is 5.32 Å². The number of imidazole rings is 1. The lowest BCUT2D eigenvalue weighted by atomic mass is 10.1. The average molecular weight is 272 g/mol. The number of aromatic nitrogens is 3. The van der Waals surface area contributed by atoms with Crippen LogP contribution in [-0.4, -0.2) is 14.5 Å². The van der Waals surface area contributed by atoms with Crippen molar-refractivity contribution in [3.8, 4) is 0 Å². The highest BCUT2D eigenvalue weighted by atomic mass is 15.2. The molecule has 0 saturated carbocycles. The zero-order valence-corrected chi connectivity index (χ0v) is 12.8. The third kappa shape index (κ3) is 3.59. The van der Waals surface area contributed by atoms with Crippen LogP contribution >= 0.6 is 0 Å². The summed E-state index contributed by atoms with van der Waals surface area (Å²) in [6.07, 6.45) is 4.95. The third-order valence-electron chi connectivity index (χ3n) is 3.24. The fraction of sp³-hybridized carbons (Fsp3) is 0.500. The van der Waals surface area contributed by atoms with Crippen molar-refractivity contribution in [3.63, 3.8) is 0 Å². The Morgan fingerprint density at radius 1 is 1.35 bits per heavy atom. The molecule has 1 N–H and O–H groups in total. The Bertz CT molecular complexity index is 557. The molecule has 4 heteroatoms. The quantitative estimate of drug-likeness (QED) is 0.876. The van der Waals surface area contributed by atoms with Gasteiger partial charge in [-0.25, -0.2) is 4.98 Å². The van der Waals surface area contributed by atoms with Gasteiger partial charge in [0.05, 0.1) is 17.9 Å². The molecule has 0 aliphatic carbocycles. The molecule has 2 aromatic heterocycles. The van der Waals surface area contributed by atoms with E-state index in [0.29, 0.717) is 5.92 Å². The fourth-order valence-electron chi connectivity index (χ4n) is 2.34. The Labute approximate surface area is 121 Å². The van der Waals surface area contributed by atoms with Crippen LogP contribution in [0.4, 0.5) is 5.95 Å². The van der Waals surface area contributed by atoms with Crippen LogP contribution in [0, 0.1) is 12.8 Å². The number of anilines is 1. The van der Waals surface area contributed by atoms with Gasteiger partial charge in [-0.3, -0.25) is 4.98 Å². The minimum absolute atomic E-state index is 0.602. The number of rotatable bonds is 6. The first kappa shape index (κ1) is 14.6. The Balaban J connectivity index is 2.10. The first-order chi connectivity index (χ1) is 9.60. The van der Waals surface area contributed by atoms with Gasteiger partial charge < -0.3 is 9.88 Å². The molecule has 0 saturated heterocycles. The van der Waals surface area contributed by atoms with Crippen LogP contribution in [0.5, 0.6) is 0 Å². The molecule has 2 heterocycles. The van der Waals surface area contributed by atoms with Gasteiger partial charge in [0.25, 0.3) is 0 Å². The van der Waals surface area contributed by atoms with Crippen molar-refractivity contribution >= 4 is 5.95 Å². The highest BCUT2D eigenvalue weighted by molar-refractivity contribution is 5.31. The second kappa shape index (κ2) is 6.55. The molecule has 0 aromatic carbocycles. The number of hydrogen-bond acceptors (Lipinski definition) is 3. The van der Waals surface area contributed by atoms with E-state index < -0.39 is 0 Å². The number of hydrogen-bond donors (Lipinski definition) is 1. The predicted molar refractivity (Wildman–Crippen MR) is 82.7 cm³/mol. The fourth-order valence-corrected chi connectivity index (χ4v) is 2.34.